The van der Waals surface area contributed by atoms with Gasteiger partial charge in [-0.1, -0.05) is 29.8 Å². The lowest BCUT2D eigenvalue weighted by atomic mass is 10.2. The van der Waals surface area contributed by atoms with Crippen LogP contribution in [-0.4, -0.2) is 18.4 Å². The van der Waals surface area contributed by atoms with E-state index in [1.54, 1.807) is 24.3 Å². The van der Waals surface area contributed by atoms with Crippen molar-refractivity contribution in [3.8, 4) is 5.75 Å². The van der Waals surface area contributed by atoms with Crippen LogP contribution >= 0.6 is 0 Å². The van der Waals surface area contributed by atoms with Crippen molar-refractivity contribution in [2.75, 3.05) is 11.9 Å². The van der Waals surface area contributed by atoms with Crippen LogP contribution in [0.25, 0.3) is 0 Å². The fourth-order valence-electron chi connectivity index (χ4n) is 2.49. The second-order valence-electron chi connectivity index (χ2n) is 6.32. The molecule has 2 amide bonds. The van der Waals surface area contributed by atoms with E-state index in [-0.39, 0.29) is 24.0 Å². The number of carbonyl (C=O) groups excluding carboxylic acids is 2. The van der Waals surface area contributed by atoms with Gasteiger partial charge in [0.25, 0.3) is 5.91 Å². The number of hydrogen-bond donors (Lipinski definition) is 2. The Balaban J connectivity index is 1.38. The summed E-state index contributed by atoms with van der Waals surface area (Å²) in [6, 6.07) is 18.2. The molecule has 6 heteroatoms. The Kier molecular flexibility index (Phi) is 6.46. The second kappa shape index (κ2) is 9.41. The molecule has 3 aromatic rings. The summed E-state index contributed by atoms with van der Waals surface area (Å²) in [5.41, 5.74) is 2.75. The van der Waals surface area contributed by atoms with Gasteiger partial charge < -0.3 is 19.8 Å². The molecule has 0 saturated carbocycles. The predicted octanol–water partition coefficient (Wildman–Crippen LogP) is 3.93. The van der Waals surface area contributed by atoms with E-state index in [0.717, 1.165) is 16.9 Å². The highest BCUT2D eigenvalue weighted by atomic mass is 16.5. The molecular weight excluding hydrogens is 356 g/mol. The number of carbonyl (C=O) groups is 2. The van der Waals surface area contributed by atoms with Crippen molar-refractivity contribution in [1.82, 2.24) is 5.32 Å². The molecule has 0 aliphatic heterocycles. The van der Waals surface area contributed by atoms with Crippen LogP contribution in [0.4, 0.5) is 5.69 Å². The molecule has 0 spiro atoms. The van der Waals surface area contributed by atoms with E-state index in [0.29, 0.717) is 18.8 Å². The third kappa shape index (κ3) is 5.74. The van der Waals surface area contributed by atoms with Crippen molar-refractivity contribution < 1.29 is 18.7 Å². The number of benzene rings is 2. The van der Waals surface area contributed by atoms with Crippen molar-refractivity contribution in [3.05, 3.63) is 83.8 Å². The van der Waals surface area contributed by atoms with Gasteiger partial charge in [0.05, 0.1) is 19.3 Å². The van der Waals surface area contributed by atoms with Gasteiger partial charge in [0, 0.05) is 12.2 Å². The smallest absolute Gasteiger partial charge is 0.291 e. The first-order chi connectivity index (χ1) is 13.6. The number of amides is 2. The maximum absolute atomic E-state index is 11.9. The molecule has 1 aromatic heterocycles. The Morgan fingerprint density at radius 1 is 1.00 bits per heavy atom. The molecular formula is C22H22N2O4. The molecule has 0 radical (unpaired) electrons. The summed E-state index contributed by atoms with van der Waals surface area (Å²) in [6.45, 7) is 2.75. The van der Waals surface area contributed by atoms with Crippen molar-refractivity contribution in [1.29, 1.82) is 0 Å². The fourth-order valence-corrected chi connectivity index (χ4v) is 2.49. The van der Waals surface area contributed by atoms with E-state index in [4.69, 9.17) is 9.15 Å². The van der Waals surface area contributed by atoms with Gasteiger partial charge in [-0.3, -0.25) is 9.59 Å². The lowest BCUT2D eigenvalue weighted by molar-refractivity contribution is -0.121. The number of nitrogens with one attached hydrogen (secondary N) is 2. The first-order valence-electron chi connectivity index (χ1n) is 9.00. The van der Waals surface area contributed by atoms with Gasteiger partial charge in [0.1, 0.15) is 5.75 Å². The molecule has 0 aliphatic carbocycles. The summed E-state index contributed by atoms with van der Waals surface area (Å²) in [7, 11) is 0. The zero-order valence-electron chi connectivity index (χ0n) is 15.6. The van der Waals surface area contributed by atoms with E-state index in [1.807, 2.05) is 43.3 Å². The molecule has 3 rings (SSSR count). The zero-order valence-corrected chi connectivity index (χ0v) is 15.6. The highest BCUT2D eigenvalue weighted by molar-refractivity contribution is 6.02. The molecule has 0 fully saturated rings. The minimum atomic E-state index is -0.306. The van der Waals surface area contributed by atoms with Crippen LogP contribution < -0.4 is 15.4 Å². The van der Waals surface area contributed by atoms with Gasteiger partial charge in [-0.15, -0.1) is 0 Å². The number of rotatable bonds is 8. The number of aryl methyl sites for hydroxylation is 1. The van der Waals surface area contributed by atoms with E-state index < -0.39 is 0 Å². The molecule has 0 unspecified atom stereocenters. The SMILES string of the molecule is Cc1ccc(OCCC(=O)NCc2ccc(NC(=O)c3ccco3)cc2)cc1. The molecule has 0 atom stereocenters. The normalized spacial score (nSPS) is 10.3. The topological polar surface area (TPSA) is 80.6 Å². The summed E-state index contributed by atoms with van der Waals surface area (Å²) in [6.07, 6.45) is 1.73. The van der Waals surface area contributed by atoms with Gasteiger partial charge in [0.2, 0.25) is 5.91 Å². The van der Waals surface area contributed by atoms with Crippen LogP contribution in [0.1, 0.15) is 28.1 Å². The van der Waals surface area contributed by atoms with Crippen LogP contribution in [0.2, 0.25) is 0 Å². The third-order valence-corrected chi connectivity index (χ3v) is 4.07. The van der Waals surface area contributed by atoms with Gasteiger partial charge in [-0.2, -0.15) is 0 Å². The van der Waals surface area contributed by atoms with Crippen LogP contribution in [0.3, 0.4) is 0 Å². The Morgan fingerprint density at radius 3 is 2.43 bits per heavy atom. The van der Waals surface area contributed by atoms with Crippen LogP contribution in [-0.2, 0) is 11.3 Å². The molecule has 144 valence electrons. The Hall–Kier alpha value is -3.54. The molecule has 0 aliphatic rings. The Bertz CT molecular complexity index is 901. The second-order valence-corrected chi connectivity index (χ2v) is 6.32. The van der Waals surface area contributed by atoms with Crippen molar-refractivity contribution in [3.63, 3.8) is 0 Å². The van der Waals surface area contributed by atoms with Crippen LogP contribution in [0.5, 0.6) is 5.75 Å². The molecule has 0 saturated heterocycles. The van der Waals surface area contributed by atoms with Crippen molar-refractivity contribution in [2.45, 2.75) is 19.9 Å². The van der Waals surface area contributed by atoms with E-state index in [1.165, 1.54) is 6.26 Å². The predicted molar refractivity (Wildman–Crippen MR) is 106 cm³/mol. The number of hydrogen-bond acceptors (Lipinski definition) is 4. The third-order valence-electron chi connectivity index (χ3n) is 4.07. The first kappa shape index (κ1) is 19.2. The fraction of sp³-hybridized carbons (Fsp3) is 0.182. The monoisotopic (exact) mass is 378 g/mol. The largest absolute Gasteiger partial charge is 0.493 e. The number of furan rings is 1. The van der Waals surface area contributed by atoms with Crippen LogP contribution in [0, 0.1) is 6.92 Å². The molecule has 2 aromatic carbocycles. The van der Waals surface area contributed by atoms with Crippen molar-refractivity contribution in [2.24, 2.45) is 0 Å². The highest BCUT2D eigenvalue weighted by Gasteiger charge is 2.08. The lowest BCUT2D eigenvalue weighted by Gasteiger charge is -2.08. The van der Waals surface area contributed by atoms with E-state index in [9.17, 15) is 9.59 Å². The maximum Gasteiger partial charge on any atom is 0.291 e. The quantitative estimate of drug-likeness (QED) is 0.622. The number of ether oxygens (including phenoxy) is 1. The first-order valence-corrected chi connectivity index (χ1v) is 9.00. The molecule has 6 nitrogen and oxygen atoms in total. The highest BCUT2D eigenvalue weighted by Crippen LogP contribution is 2.13. The molecule has 1 heterocycles. The van der Waals surface area contributed by atoms with Gasteiger partial charge in [-0.05, 0) is 48.9 Å². The zero-order chi connectivity index (χ0) is 19.8. The Morgan fingerprint density at radius 2 is 1.75 bits per heavy atom. The number of anilines is 1. The molecule has 0 bridgehead atoms. The summed E-state index contributed by atoms with van der Waals surface area (Å²) in [5.74, 6) is 0.622. The maximum atomic E-state index is 11.9. The van der Waals surface area contributed by atoms with Gasteiger partial charge >= 0.3 is 0 Å². The van der Waals surface area contributed by atoms with E-state index in [2.05, 4.69) is 10.6 Å². The standard InChI is InChI=1S/C22H22N2O4/c1-16-4-10-19(11-5-16)27-14-12-21(25)23-15-17-6-8-18(9-7-17)24-22(26)20-3-2-13-28-20/h2-11,13H,12,14-15H2,1H3,(H,23,25)(H,24,26). The summed E-state index contributed by atoms with van der Waals surface area (Å²) in [5, 5.41) is 5.60. The summed E-state index contributed by atoms with van der Waals surface area (Å²) >= 11 is 0. The summed E-state index contributed by atoms with van der Waals surface area (Å²) < 4.78 is 10.6. The molecule has 28 heavy (non-hydrogen) atoms. The van der Waals surface area contributed by atoms with Gasteiger partial charge in [-0.25, -0.2) is 0 Å². The molecule has 2 N–H and O–H groups in total. The average molecular weight is 378 g/mol. The Labute approximate surface area is 163 Å². The van der Waals surface area contributed by atoms with Gasteiger partial charge in [0.15, 0.2) is 5.76 Å². The lowest BCUT2D eigenvalue weighted by Crippen LogP contribution is -2.24. The average Bonchev–Trinajstić information content (AvgIpc) is 3.24. The van der Waals surface area contributed by atoms with E-state index >= 15 is 0 Å². The minimum absolute atomic E-state index is 0.0812. The van der Waals surface area contributed by atoms with Crippen LogP contribution in [0.15, 0.2) is 71.3 Å². The van der Waals surface area contributed by atoms with Crippen molar-refractivity contribution >= 4 is 17.5 Å². The summed E-state index contributed by atoms with van der Waals surface area (Å²) in [4.78, 5) is 23.9. The minimum Gasteiger partial charge on any atom is -0.493 e.